The van der Waals surface area contributed by atoms with Gasteiger partial charge in [-0.1, -0.05) is 35.9 Å². The molecule has 2 aromatic rings. The molecule has 2 rings (SSSR count). The van der Waals surface area contributed by atoms with Crippen molar-refractivity contribution < 1.29 is 14.0 Å². The Morgan fingerprint density at radius 1 is 1.12 bits per heavy atom. The van der Waals surface area contributed by atoms with Gasteiger partial charge in [0.1, 0.15) is 5.82 Å². The molecule has 0 saturated carbocycles. The monoisotopic (exact) mass is 377 g/mol. The van der Waals surface area contributed by atoms with Crippen molar-refractivity contribution in [2.75, 3.05) is 25.0 Å². The lowest BCUT2D eigenvalue weighted by Crippen LogP contribution is -2.42. The fraction of sp³-hybridized carbons (Fsp3) is 0.263. The molecule has 138 valence electrons. The summed E-state index contributed by atoms with van der Waals surface area (Å²) in [6.07, 6.45) is 0. The van der Waals surface area contributed by atoms with Crippen LogP contribution in [-0.4, -0.2) is 36.3 Å². The summed E-state index contributed by atoms with van der Waals surface area (Å²) in [6.45, 7) is 2.50. The number of likely N-dealkylation sites (N-methyl/N-ethyl adjacent to an activating group) is 1. The summed E-state index contributed by atoms with van der Waals surface area (Å²) in [5.74, 6) is -0.805. The van der Waals surface area contributed by atoms with Crippen LogP contribution in [0.25, 0.3) is 0 Å². The van der Waals surface area contributed by atoms with Crippen LogP contribution in [0, 0.1) is 5.82 Å². The number of carbonyl (C=O) groups excluding carboxylic acids is 2. The van der Waals surface area contributed by atoms with Gasteiger partial charge in [-0.2, -0.15) is 0 Å². The average molecular weight is 378 g/mol. The Morgan fingerprint density at radius 3 is 2.46 bits per heavy atom. The topological polar surface area (TPSA) is 61.4 Å². The Hall–Kier alpha value is -2.60. The minimum Gasteiger partial charge on any atom is -0.375 e. The quantitative estimate of drug-likeness (QED) is 0.743. The first-order valence-electron chi connectivity index (χ1n) is 8.27. The van der Waals surface area contributed by atoms with Gasteiger partial charge in [0, 0.05) is 13.1 Å². The first kappa shape index (κ1) is 19.7. The highest BCUT2D eigenvalue weighted by Gasteiger charge is 2.15. The third kappa shape index (κ3) is 6.04. The smallest absolute Gasteiger partial charge is 0.242 e. The first-order chi connectivity index (χ1) is 12.5. The van der Waals surface area contributed by atoms with Gasteiger partial charge in [-0.25, -0.2) is 4.39 Å². The summed E-state index contributed by atoms with van der Waals surface area (Å²) < 4.78 is 12.9. The van der Waals surface area contributed by atoms with E-state index >= 15 is 0 Å². The van der Waals surface area contributed by atoms with Crippen molar-refractivity contribution in [2.24, 2.45) is 0 Å². The Balaban J connectivity index is 1.81. The Labute approximate surface area is 157 Å². The van der Waals surface area contributed by atoms with Gasteiger partial charge < -0.3 is 15.5 Å². The molecule has 0 radical (unpaired) electrons. The van der Waals surface area contributed by atoms with E-state index in [9.17, 15) is 14.0 Å². The highest BCUT2D eigenvalue weighted by molar-refractivity contribution is 6.33. The van der Waals surface area contributed by atoms with E-state index in [1.165, 1.54) is 17.0 Å². The molecule has 0 bridgehead atoms. The number of nitrogens with zero attached hydrogens (tertiary/aromatic N) is 1. The van der Waals surface area contributed by atoms with Gasteiger partial charge in [-0.15, -0.1) is 0 Å². The van der Waals surface area contributed by atoms with Crippen molar-refractivity contribution in [1.82, 2.24) is 10.2 Å². The maximum Gasteiger partial charge on any atom is 0.242 e. The number of rotatable bonds is 8. The molecule has 0 aromatic heterocycles. The van der Waals surface area contributed by atoms with Gasteiger partial charge >= 0.3 is 0 Å². The summed E-state index contributed by atoms with van der Waals surface area (Å²) >= 11 is 6.04. The first-order valence-corrected chi connectivity index (χ1v) is 8.64. The van der Waals surface area contributed by atoms with E-state index in [0.717, 1.165) is 5.56 Å². The van der Waals surface area contributed by atoms with Crippen LogP contribution in [0.2, 0.25) is 5.02 Å². The van der Waals surface area contributed by atoms with Gasteiger partial charge in [0.2, 0.25) is 11.8 Å². The van der Waals surface area contributed by atoms with Crippen molar-refractivity contribution in [1.29, 1.82) is 0 Å². The van der Waals surface area contributed by atoms with Crippen LogP contribution >= 0.6 is 11.6 Å². The zero-order valence-electron chi connectivity index (χ0n) is 14.5. The molecule has 0 aliphatic carbocycles. The van der Waals surface area contributed by atoms with Crippen molar-refractivity contribution >= 4 is 29.1 Å². The van der Waals surface area contributed by atoms with Crippen molar-refractivity contribution in [3.63, 3.8) is 0 Å². The third-order valence-corrected chi connectivity index (χ3v) is 4.11. The second-order valence-electron chi connectivity index (χ2n) is 5.64. The molecule has 2 aromatic carbocycles. The number of halogens is 2. The maximum atomic E-state index is 12.9. The molecule has 0 unspecified atom stereocenters. The zero-order valence-corrected chi connectivity index (χ0v) is 15.2. The number of hydrogen-bond donors (Lipinski definition) is 2. The van der Waals surface area contributed by atoms with E-state index in [0.29, 0.717) is 17.3 Å². The Morgan fingerprint density at radius 2 is 1.81 bits per heavy atom. The molecule has 0 spiro atoms. The molecular formula is C19H21ClFN3O2. The maximum absolute atomic E-state index is 12.9. The van der Waals surface area contributed by atoms with Crippen molar-refractivity contribution in [3.8, 4) is 0 Å². The van der Waals surface area contributed by atoms with Crippen LogP contribution in [0.15, 0.2) is 48.5 Å². The van der Waals surface area contributed by atoms with E-state index in [4.69, 9.17) is 11.6 Å². The second kappa shape index (κ2) is 9.77. The van der Waals surface area contributed by atoms with Gasteiger partial charge in [0.15, 0.2) is 0 Å². The number of carbonyl (C=O) groups is 2. The second-order valence-corrected chi connectivity index (χ2v) is 6.05. The van der Waals surface area contributed by atoms with Crippen molar-refractivity contribution in [2.45, 2.75) is 13.5 Å². The zero-order chi connectivity index (χ0) is 18.9. The molecule has 0 aliphatic heterocycles. The van der Waals surface area contributed by atoms with Crippen LogP contribution in [-0.2, 0) is 16.1 Å². The standard InChI is InChI=1S/C19H21ClFN3O2/c1-2-24(19(26)12-22-17-6-4-3-5-16(17)20)13-18(25)23-11-14-7-9-15(21)10-8-14/h3-10,22H,2,11-13H2,1H3,(H,23,25). The Bertz CT molecular complexity index is 753. The number of anilines is 1. The number of nitrogens with one attached hydrogen (secondary N) is 2. The molecule has 0 heterocycles. The van der Waals surface area contributed by atoms with Gasteiger partial charge in [0.25, 0.3) is 0 Å². The fourth-order valence-corrected chi connectivity index (χ4v) is 2.50. The van der Waals surface area contributed by atoms with E-state index in [-0.39, 0.29) is 37.3 Å². The Kier molecular flexibility index (Phi) is 7.41. The predicted octanol–water partition coefficient (Wildman–Crippen LogP) is 3.06. The summed E-state index contributed by atoms with van der Waals surface area (Å²) in [4.78, 5) is 25.8. The van der Waals surface area contributed by atoms with Crippen LogP contribution in [0.3, 0.4) is 0 Å². The largest absolute Gasteiger partial charge is 0.375 e. The number of para-hydroxylation sites is 1. The molecular weight excluding hydrogens is 357 g/mol. The minimum absolute atomic E-state index is 0.0409. The SMILES string of the molecule is CCN(CC(=O)NCc1ccc(F)cc1)C(=O)CNc1ccccc1Cl. The van der Waals surface area contributed by atoms with Crippen LogP contribution in [0.1, 0.15) is 12.5 Å². The lowest BCUT2D eigenvalue weighted by atomic mass is 10.2. The molecule has 5 nitrogen and oxygen atoms in total. The van der Waals surface area contributed by atoms with E-state index in [1.807, 2.05) is 6.07 Å². The molecule has 26 heavy (non-hydrogen) atoms. The summed E-state index contributed by atoms with van der Waals surface area (Å²) in [5, 5.41) is 6.23. The normalized spacial score (nSPS) is 10.3. The molecule has 2 amide bonds. The highest BCUT2D eigenvalue weighted by atomic mass is 35.5. The number of hydrogen-bond acceptors (Lipinski definition) is 3. The predicted molar refractivity (Wildman–Crippen MR) is 100 cm³/mol. The molecule has 2 N–H and O–H groups in total. The molecule has 7 heteroatoms. The number of benzene rings is 2. The van der Waals surface area contributed by atoms with Gasteiger partial charge in [-0.05, 0) is 36.8 Å². The van der Waals surface area contributed by atoms with E-state index < -0.39 is 0 Å². The summed E-state index contributed by atoms with van der Waals surface area (Å²) in [7, 11) is 0. The van der Waals surface area contributed by atoms with Crippen LogP contribution in [0.4, 0.5) is 10.1 Å². The van der Waals surface area contributed by atoms with Gasteiger partial charge in [-0.3, -0.25) is 9.59 Å². The van der Waals surface area contributed by atoms with Gasteiger partial charge in [0.05, 0.1) is 23.8 Å². The summed E-state index contributed by atoms with van der Waals surface area (Å²) in [5.41, 5.74) is 1.45. The molecule has 0 aliphatic rings. The number of amides is 2. The minimum atomic E-state index is -0.325. The van der Waals surface area contributed by atoms with E-state index in [1.54, 1.807) is 37.3 Å². The third-order valence-electron chi connectivity index (χ3n) is 3.78. The molecule has 0 atom stereocenters. The van der Waals surface area contributed by atoms with Crippen LogP contribution in [0.5, 0.6) is 0 Å². The average Bonchev–Trinajstić information content (AvgIpc) is 2.64. The molecule has 0 fully saturated rings. The molecule has 0 saturated heterocycles. The lowest BCUT2D eigenvalue weighted by Gasteiger charge is -2.21. The fourth-order valence-electron chi connectivity index (χ4n) is 2.30. The lowest BCUT2D eigenvalue weighted by molar-refractivity contribution is -0.134. The van der Waals surface area contributed by atoms with E-state index in [2.05, 4.69) is 10.6 Å². The van der Waals surface area contributed by atoms with Crippen LogP contribution < -0.4 is 10.6 Å². The highest BCUT2D eigenvalue weighted by Crippen LogP contribution is 2.19. The summed E-state index contributed by atoms with van der Waals surface area (Å²) in [6, 6.07) is 13.0. The van der Waals surface area contributed by atoms with Crippen molar-refractivity contribution in [3.05, 3.63) is 64.9 Å².